The predicted molar refractivity (Wildman–Crippen MR) is 119 cm³/mol. The van der Waals surface area contributed by atoms with Crippen LogP contribution in [0.5, 0.6) is 0 Å². The van der Waals surface area contributed by atoms with E-state index in [-0.39, 0.29) is 24.4 Å². The van der Waals surface area contributed by atoms with Gasteiger partial charge in [0.25, 0.3) is 11.8 Å². The van der Waals surface area contributed by atoms with E-state index in [4.69, 9.17) is 4.74 Å². The second-order valence-corrected chi connectivity index (χ2v) is 7.79. The number of aryl methyl sites for hydroxylation is 1. The summed E-state index contributed by atoms with van der Waals surface area (Å²) in [5.74, 6) is -0.236. The van der Waals surface area contributed by atoms with E-state index in [0.717, 1.165) is 53.8 Å². The van der Waals surface area contributed by atoms with E-state index >= 15 is 0 Å². The number of carbonyl (C=O) groups is 2. The number of carbonyl (C=O) groups excluding carboxylic acids is 2. The lowest BCUT2D eigenvalue weighted by Crippen LogP contribution is -3.14. The Balaban J connectivity index is 1.49. The predicted octanol–water partition coefficient (Wildman–Crippen LogP) is 1.31. The van der Waals surface area contributed by atoms with E-state index in [1.165, 1.54) is 0 Å². The first-order valence-electron chi connectivity index (χ1n) is 10.3. The van der Waals surface area contributed by atoms with Crippen molar-refractivity contribution in [3.63, 3.8) is 0 Å². The van der Waals surface area contributed by atoms with Crippen LogP contribution in [0.3, 0.4) is 0 Å². The Hall–Kier alpha value is -2.90. The second-order valence-electron chi connectivity index (χ2n) is 7.79. The molecule has 2 atom stereocenters. The molecule has 0 radical (unpaired) electrons. The van der Waals surface area contributed by atoms with Gasteiger partial charge in [0.2, 0.25) is 0 Å². The molecule has 0 bridgehead atoms. The molecule has 2 aromatic rings. The number of nitrogens with zero attached hydrogens (tertiary/aromatic N) is 1. The minimum absolute atomic E-state index is 0.116. The molecule has 0 spiro atoms. The fraction of sp³-hybridized carbons (Fsp3) is 0.391. The number of anilines is 3. The molecule has 1 unspecified atom stereocenters. The summed E-state index contributed by atoms with van der Waals surface area (Å²) >= 11 is 0. The highest BCUT2D eigenvalue weighted by Gasteiger charge is 2.24. The van der Waals surface area contributed by atoms with Crippen LogP contribution in [-0.4, -0.2) is 57.8 Å². The van der Waals surface area contributed by atoms with Crippen molar-refractivity contribution in [1.82, 2.24) is 0 Å². The van der Waals surface area contributed by atoms with Crippen molar-refractivity contribution < 1.29 is 19.2 Å². The summed E-state index contributed by atoms with van der Waals surface area (Å²) < 4.78 is 5.38. The number of amides is 2. The summed E-state index contributed by atoms with van der Waals surface area (Å²) in [6.45, 7) is 7.26. The maximum absolute atomic E-state index is 12.6. The van der Waals surface area contributed by atoms with E-state index in [1.807, 2.05) is 69.4 Å². The number of hydrogen-bond donors (Lipinski definition) is 3. The molecule has 7 nitrogen and oxygen atoms in total. The van der Waals surface area contributed by atoms with Crippen molar-refractivity contribution in [3.8, 4) is 0 Å². The average molecular weight is 412 g/mol. The molecular formula is C23H31N4O3+. The number of hydrogen-bond acceptors (Lipinski definition) is 4. The van der Waals surface area contributed by atoms with Gasteiger partial charge in [-0.2, -0.15) is 0 Å². The van der Waals surface area contributed by atoms with Crippen LogP contribution in [-0.2, 0) is 14.3 Å². The molecule has 7 heteroatoms. The SMILES string of the molecule is Cc1ccc(NC(=O)C[NH+](C)[C@H](C)C(=O)Nc2ccc(N3CCOCC3)cc2)cc1. The summed E-state index contributed by atoms with van der Waals surface area (Å²) in [6, 6.07) is 15.1. The zero-order valence-corrected chi connectivity index (χ0v) is 17.9. The minimum atomic E-state index is -0.368. The highest BCUT2D eigenvalue weighted by atomic mass is 16.5. The number of ether oxygens (including phenoxy) is 1. The molecule has 0 aliphatic carbocycles. The van der Waals surface area contributed by atoms with E-state index in [0.29, 0.717) is 0 Å². The molecule has 30 heavy (non-hydrogen) atoms. The lowest BCUT2D eigenvalue weighted by atomic mass is 10.2. The molecule has 3 N–H and O–H groups in total. The van der Waals surface area contributed by atoms with E-state index in [2.05, 4.69) is 15.5 Å². The maximum atomic E-state index is 12.6. The fourth-order valence-corrected chi connectivity index (χ4v) is 3.30. The van der Waals surface area contributed by atoms with Gasteiger partial charge in [0.15, 0.2) is 12.6 Å². The van der Waals surface area contributed by atoms with Gasteiger partial charge in [-0.25, -0.2) is 0 Å². The smallest absolute Gasteiger partial charge is 0.282 e. The van der Waals surface area contributed by atoms with Crippen molar-refractivity contribution >= 4 is 28.9 Å². The average Bonchev–Trinajstić information content (AvgIpc) is 2.76. The number of likely N-dealkylation sites (N-methyl/N-ethyl adjacent to an activating group) is 1. The molecule has 1 aliphatic rings. The van der Waals surface area contributed by atoms with Crippen LogP contribution in [0.2, 0.25) is 0 Å². The standard InChI is InChI=1S/C23H30N4O3/c1-17-4-6-19(7-5-17)24-22(28)16-26(3)18(2)23(29)25-20-8-10-21(11-9-20)27-12-14-30-15-13-27/h4-11,18H,12-16H2,1-3H3,(H,24,28)(H,25,29)/p+1/t18-/m1/s1. The van der Waals surface area contributed by atoms with Crippen LogP contribution < -0.4 is 20.4 Å². The summed E-state index contributed by atoms with van der Waals surface area (Å²) in [5.41, 5.74) is 3.77. The molecule has 3 rings (SSSR count). The van der Waals surface area contributed by atoms with Crippen LogP contribution in [0.1, 0.15) is 12.5 Å². The molecule has 1 heterocycles. The van der Waals surface area contributed by atoms with Gasteiger partial charge in [-0.3, -0.25) is 9.59 Å². The third-order valence-electron chi connectivity index (χ3n) is 5.42. The zero-order chi connectivity index (χ0) is 21.5. The lowest BCUT2D eigenvalue weighted by molar-refractivity contribution is -0.885. The first-order chi connectivity index (χ1) is 14.4. The lowest BCUT2D eigenvalue weighted by Gasteiger charge is -2.29. The van der Waals surface area contributed by atoms with Crippen LogP contribution in [0.15, 0.2) is 48.5 Å². The third-order valence-corrected chi connectivity index (χ3v) is 5.42. The van der Waals surface area contributed by atoms with Crippen molar-refractivity contribution in [2.45, 2.75) is 19.9 Å². The number of quaternary nitrogens is 1. The largest absolute Gasteiger partial charge is 0.378 e. The summed E-state index contributed by atoms with van der Waals surface area (Å²) in [5, 5.41) is 5.82. The Morgan fingerprint density at radius 2 is 1.57 bits per heavy atom. The molecule has 1 aliphatic heterocycles. The normalized spacial score (nSPS) is 15.9. The number of benzene rings is 2. The van der Waals surface area contributed by atoms with E-state index in [9.17, 15) is 9.59 Å². The van der Waals surface area contributed by atoms with E-state index in [1.54, 1.807) is 0 Å². The molecule has 0 aromatic heterocycles. The quantitative estimate of drug-likeness (QED) is 0.642. The Morgan fingerprint density at radius 3 is 2.20 bits per heavy atom. The van der Waals surface area contributed by atoms with E-state index < -0.39 is 0 Å². The highest BCUT2D eigenvalue weighted by Crippen LogP contribution is 2.19. The van der Waals surface area contributed by atoms with Gasteiger partial charge in [0.1, 0.15) is 0 Å². The number of nitrogens with one attached hydrogen (secondary N) is 3. The van der Waals surface area contributed by atoms with Crippen LogP contribution in [0, 0.1) is 6.92 Å². The summed E-state index contributed by atoms with van der Waals surface area (Å²) in [4.78, 5) is 28.0. The van der Waals surface area contributed by atoms with Crippen LogP contribution in [0.4, 0.5) is 17.1 Å². The second kappa shape index (κ2) is 10.2. The van der Waals surface area contributed by atoms with Gasteiger partial charge in [0, 0.05) is 30.2 Å². The molecule has 160 valence electrons. The van der Waals surface area contributed by atoms with Gasteiger partial charge in [0.05, 0.1) is 20.3 Å². The van der Waals surface area contributed by atoms with Crippen molar-refractivity contribution in [1.29, 1.82) is 0 Å². The minimum Gasteiger partial charge on any atom is -0.378 e. The van der Waals surface area contributed by atoms with Gasteiger partial charge in [-0.1, -0.05) is 17.7 Å². The topological polar surface area (TPSA) is 75.1 Å². The highest BCUT2D eigenvalue weighted by molar-refractivity contribution is 5.94. The van der Waals surface area contributed by atoms with Gasteiger partial charge >= 0.3 is 0 Å². The number of rotatable bonds is 7. The Labute approximate surface area is 178 Å². The zero-order valence-electron chi connectivity index (χ0n) is 17.9. The van der Waals surface area contributed by atoms with Crippen LogP contribution in [0.25, 0.3) is 0 Å². The van der Waals surface area contributed by atoms with Crippen molar-refractivity contribution in [2.75, 3.05) is 55.4 Å². The molecule has 2 aromatic carbocycles. The third kappa shape index (κ3) is 6.05. The molecule has 1 fully saturated rings. The first-order valence-corrected chi connectivity index (χ1v) is 10.3. The maximum Gasteiger partial charge on any atom is 0.282 e. The molecule has 2 amide bonds. The van der Waals surface area contributed by atoms with Gasteiger partial charge in [-0.15, -0.1) is 0 Å². The monoisotopic (exact) mass is 411 g/mol. The number of morpholine rings is 1. The summed E-state index contributed by atoms with van der Waals surface area (Å²) in [6.07, 6.45) is 0. The fourth-order valence-electron chi connectivity index (χ4n) is 3.30. The molecule has 1 saturated heterocycles. The molecular weight excluding hydrogens is 380 g/mol. The van der Waals surface area contributed by atoms with Gasteiger partial charge in [-0.05, 0) is 50.2 Å². The van der Waals surface area contributed by atoms with Crippen molar-refractivity contribution in [2.24, 2.45) is 0 Å². The van der Waals surface area contributed by atoms with Crippen molar-refractivity contribution in [3.05, 3.63) is 54.1 Å². The first kappa shape index (κ1) is 21.8. The molecule has 0 saturated carbocycles. The van der Waals surface area contributed by atoms with Crippen LogP contribution >= 0.6 is 0 Å². The Morgan fingerprint density at radius 1 is 1.00 bits per heavy atom. The summed E-state index contributed by atoms with van der Waals surface area (Å²) in [7, 11) is 1.85. The van der Waals surface area contributed by atoms with Gasteiger partial charge < -0.3 is 25.2 Å². The Kier molecular flexibility index (Phi) is 7.43. The Bertz CT molecular complexity index is 846.